The van der Waals surface area contributed by atoms with E-state index >= 15 is 0 Å². The number of carbonyl (C=O) groups excluding carboxylic acids is 5. The molecule has 0 radical (unpaired) electrons. The van der Waals surface area contributed by atoms with Crippen molar-refractivity contribution in [3.63, 3.8) is 0 Å². The number of hydrogen-bond donors (Lipinski definition) is 2. The third kappa shape index (κ3) is 18.9. The van der Waals surface area contributed by atoms with E-state index in [0.29, 0.717) is 61.0 Å². The number of nitrogens with zero attached hydrogens (tertiary/aromatic N) is 3. The predicted molar refractivity (Wildman–Crippen MR) is 275 cm³/mol. The monoisotopic (exact) mass is 968 g/mol. The molecule has 3 heterocycles. The summed E-state index contributed by atoms with van der Waals surface area (Å²) in [6, 6.07) is 12.7. The molecule has 0 fully saturated rings. The summed E-state index contributed by atoms with van der Waals surface area (Å²) in [5, 5.41) is 19.5. The Labute approximate surface area is 416 Å². The van der Waals surface area contributed by atoms with Crippen molar-refractivity contribution in [2.45, 2.75) is 156 Å². The summed E-state index contributed by atoms with van der Waals surface area (Å²) >= 11 is 0. The first-order chi connectivity index (χ1) is 33.0. The number of ether oxygens (including phenoxy) is 4. The number of phenolic OH excluding ortho intramolecular Hbond substituents is 2. The van der Waals surface area contributed by atoms with Gasteiger partial charge < -0.3 is 43.9 Å². The van der Waals surface area contributed by atoms with Gasteiger partial charge in [0.15, 0.2) is 12.6 Å². The quantitative estimate of drug-likeness (QED) is 0.0601. The zero-order valence-electron chi connectivity index (χ0n) is 43.1. The molecule has 3 aromatic carbocycles. The Morgan fingerprint density at radius 1 is 0.586 bits per heavy atom. The number of phenols is 2. The molecule has 3 aliphatic rings. The standard InChI is InChI=1S/C21H27NO4.C18H25NO4.C17H25NO3/c1-5-12-25-19-14-18-16(13-17(19)15-23)8-6-10-22(18)11-7-9-20(24)26-21(2,3)4;1-18(2,3)23-17(22)7-5-9-19-8-4-6-13-10-14(12-20)16(21)11-15(13)19;1-17(2,3)21-16(20)7-5-11-18-10-4-6-13-8-9-14(19)12-15(13)18/h1,13-15H,6-12H2,2-4H3;10-12,21H,4-9H2,1-3H3;8-9,12,19H,4-7,10-11H2,1-3H3. The molecule has 2 N–H and O–H groups in total. The number of fused-ring (bicyclic) bond motifs is 3. The van der Waals surface area contributed by atoms with Gasteiger partial charge in [0.2, 0.25) is 0 Å². The van der Waals surface area contributed by atoms with Gasteiger partial charge in [0, 0.05) is 93.8 Å². The smallest absolute Gasteiger partial charge is 0.306 e. The largest absolute Gasteiger partial charge is 0.508 e. The highest BCUT2D eigenvalue weighted by atomic mass is 16.6. The second-order valence-corrected chi connectivity index (χ2v) is 20.9. The van der Waals surface area contributed by atoms with Crippen molar-refractivity contribution in [2.24, 2.45) is 0 Å². The third-order valence-corrected chi connectivity index (χ3v) is 11.4. The molecule has 0 spiro atoms. The molecular formula is C56H77N3O11. The van der Waals surface area contributed by atoms with Crippen molar-refractivity contribution >= 4 is 47.5 Å². The average molecular weight is 968 g/mol. The Hall–Kier alpha value is -6.23. The fourth-order valence-corrected chi connectivity index (χ4v) is 8.61. The van der Waals surface area contributed by atoms with E-state index in [9.17, 15) is 34.2 Å². The molecule has 0 aromatic heterocycles. The van der Waals surface area contributed by atoms with E-state index in [1.807, 2.05) is 86.6 Å². The SMILES string of the molecule is C#CCOc1cc2c(cc1C=O)CCCN2CCCC(=O)OC(C)(C)C.CC(C)(C)OC(=O)CCCN1CCCc2cc(C=O)c(O)cc21.CC(C)(C)OC(=O)CCCN1CCCc2ccc(O)cc21. The van der Waals surface area contributed by atoms with Gasteiger partial charge >= 0.3 is 17.9 Å². The number of benzene rings is 3. The molecule has 3 aliphatic heterocycles. The van der Waals surface area contributed by atoms with Gasteiger partial charge in [0.1, 0.15) is 40.7 Å². The van der Waals surface area contributed by atoms with Gasteiger partial charge in [-0.25, -0.2) is 0 Å². The van der Waals surface area contributed by atoms with Crippen molar-refractivity contribution in [1.29, 1.82) is 0 Å². The van der Waals surface area contributed by atoms with Crippen LogP contribution in [0.5, 0.6) is 17.2 Å². The minimum absolute atomic E-state index is 0.0118. The van der Waals surface area contributed by atoms with Crippen LogP contribution in [0.2, 0.25) is 0 Å². The zero-order chi connectivity index (χ0) is 51.6. The molecular weight excluding hydrogens is 891 g/mol. The highest BCUT2D eigenvalue weighted by Gasteiger charge is 2.24. The van der Waals surface area contributed by atoms with E-state index in [1.165, 1.54) is 5.56 Å². The average Bonchev–Trinajstić information content (AvgIpc) is 3.27. The van der Waals surface area contributed by atoms with Crippen LogP contribution in [0.4, 0.5) is 17.1 Å². The number of aromatic hydroxyl groups is 2. The third-order valence-electron chi connectivity index (χ3n) is 11.4. The van der Waals surface area contributed by atoms with Crippen molar-refractivity contribution in [1.82, 2.24) is 0 Å². The predicted octanol–water partition coefficient (Wildman–Crippen LogP) is 9.73. The van der Waals surface area contributed by atoms with E-state index in [4.69, 9.17) is 25.4 Å². The normalized spacial score (nSPS) is 14.1. The number of rotatable bonds is 16. The van der Waals surface area contributed by atoms with Crippen LogP contribution in [0.25, 0.3) is 0 Å². The topological polar surface area (TPSA) is 172 Å². The Kier molecular flexibility index (Phi) is 21.0. The van der Waals surface area contributed by atoms with Crippen LogP contribution in [0.15, 0.2) is 42.5 Å². The minimum atomic E-state index is -0.455. The Morgan fingerprint density at radius 2 is 0.986 bits per heavy atom. The highest BCUT2D eigenvalue weighted by molar-refractivity contribution is 5.83. The lowest BCUT2D eigenvalue weighted by atomic mass is 9.98. The fraction of sp³-hybridized carbons (Fsp3) is 0.554. The molecule has 14 nitrogen and oxygen atoms in total. The molecule has 0 unspecified atom stereocenters. The van der Waals surface area contributed by atoms with E-state index in [0.717, 1.165) is 119 Å². The molecule has 382 valence electrons. The van der Waals surface area contributed by atoms with Crippen LogP contribution < -0.4 is 19.4 Å². The maximum atomic E-state index is 11.9. The molecule has 14 heteroatoms. The van der Waals surface area contributed by atoms with Crippen LogP contribution in [0.1, 0.15) is 158 Å². The number of carbonyl (C=O) groups is 5. The van der Waals surface area contributed by atoms with Gasteiger partial charge in [-0.3, -0.25) is 24.0 Å². The Bertz CT molecular complexity index is 2300. The molecule has 0 atom stereocenters. The number of esters is 3. The first-order valence-corrected chi connectivity index (χ1v) is 24.7. The van der Waals surface area contributed by atoms with Crippen LogP contribution in [0.3, 0.4) is 0 Å². The summed E-state index contributed by atoms with van der Waals surface area (Å²) in [5.41, 5.74) is 6.13. The lowest BCUT2D eigenvalue weighted by molar-refractivity contribution is -0.156. The molecule has 0 saturated carbocycles. The first kappa shape index (κ1) is 56.4. The summed E-state index contributed by atoms with van der Waals surface area (Å²) in [6.45, 7) is 22.0. The van der Waals surface area contributed by atoms with Gasteiger partial charge in [-0.2, -0.15) is 0 Å². The number of aryl methyl sites for hydroxylation is 3. The Morgan fingerprint density at radius 3 is 1.40 bits per heavy atom. The number of hydrogen-bond acceptors (Lipinski definition) is 14. The van der Waals surface area contributed by atoms with Crippen LogP contribution in [0, 0.1) is 12.3 Å². The number of aldehydes is 2. The molecule has 0 bridgehead atoms. The zero-order valence-corrected chi connectivity index (χ0v) is 43.1. The van der Waals surface area contributed by atoms with E-state index in [-0.39, 0.29) is 30.3 Å². The van der Waals surface area contributed by atoms with Crippen molar-refractivity contribution in [3.05, 3.63) is 70.3 Å². The molecule has 6 rings (SSSR count). The molecule has 3 aromatic rings. The second kappa shape index (κ2) is 26.1. The molecule has 0 saturated heterocycles. The van der Waals surface area contributed by atoms with Gasteiger partial charge in [0.05, 0.1) is 11.1 Å². The molecule has 70 heavy (non-hydrogen) atoms. The fourth-order valence-electron chi connectivity index (χ4n) is 8.61. The summed E-state index contributed by atoms with van der Waals surface area (Å²) in [6.07, 6.45) is 16.1. The van der Waals surface area contributed by atoms with Crippen molar-refractivity contribution in [2.75, 3.05) is 60.6 Å². The molecule has 0 amide bonds. The van der Waals surface area contributed by atoms with Crippen LogP contribution in [-0.4, -0.2) is 103 Å². The van der Waals surface area contributed by atoms with E-state index < -0.39 is 16.8 Å². The lowest BCUT2D eigenvalue weighted by Gasteiger charge is -2.32. The maximum absolute atomic E-state index is 11.9. The maximum Gasteiger partial charge on any atom is 0.306 e. The summed E-state index contributed by atoms with van der Waals surface area (Å²) in [7, 11) is 0. The van der Waals surface area contributed by atoms with Gasteiger partial charge in [0.25, 0.3) is 0 Å². The molecule has 0 aliphatic carbocycles. The minimum Gasteiger partial charge on any atom is -0.508 e. The van der Waals surface area contributed by atoms with Crippen LogP contribution >= 0.6 is 0 Å². The second-order valence-electron chi connectivity index (χ2n) is 20.9. The lowest BCUT2D eigenvalue weighted by Crippen LogP contribution is -2.31. The summed E-state index contributed by atoms with van der Waals surface area (Å²) in [4.78, 5) is 64.3. The number of terminal acetylenes is 1. The van der Waals surface area contributed by atoms with E-state index in [1.54, 1.807) is 18.2 Å². The van der Waals surface area contributed by atoms with Gasteiger partial charge in [-0.15, -0.1) is 6.42 Å². The van der Waals surface area contributed by atoms with E-state index in [2.05, 4.69) is 20.6 Å². The summed E-state index contributed by atoms with van der Waals surface area (Å²) < 4.78 is 21.5. The van der Waals surface area contributed by atoms with Crippen molar-refractivity contribution in [3.8, 4) is 29.6 Å². The van der Waals surface area contributed by atoms with Gasteiger partial charge in [-0.05, 0) is 155 Å². The van der Waals surface area contributed by atoms with Crippen LogP contribution in [-0.2, 0) is 47.9 Å². The first-order valence-electron chi connectivity index (χ1n) is 24.7. The number of anilines is 3. The van der Waals surface area contributed by atoms with Crippen molar-refractivity contribution < 1.29 is 53.1 Å². The van der Waals surface area contributed by atoms with Gasteiger partial charge in [-0.1, -0.05) is 12.0 Å². The summed E-state index contributed by atoms with van der Waals surface area (Å²) in [5.74, 6) is 2.74. The Balaban J connectivity index is 0.000000230. The highest BCUT2D eigenvalue weighted by Crippen LogP contribution is 2.35.